The molecule has 0 saturated carbocycles. The van der Waals surface area contributed by atoms with Crippen molar-refractivity contribution in [3.63, 3.8) is 0 Å². The van der Waals surface area contributed by atoms with E-state index in [9.17, 15) is 8.42 Å². The van der Waals surface area contributed by atoms with Crippen molar-refractivity contribution in [3.05, 3.63) is 59.0 Å². The molecule has 1 aromatic carbocycles. The van der Waals surface area contributed by atoms with Gasteiger partial charge in [-0.2, -0.15) is 16.4 Å². The Kier molecular flexibility index (Phi) is 4.46. The largest absolute Gasteiger partial charge is 0.494 e. The van der Waals surface area contributed by atoms with Crippen LogP contribution in [-0.4, -0.2) is 25.3 Å². The maximum absolute atomic E-state index is 12.3. The number of aromatic nitrogens is 2. The number of thiophene rings is 1. The fraction of sp³-hybridized carbons (Fsp3) is 0.133. The minimum Gasteiger partial charge on any atom is -0.494 e. The third-order valence-corrected chi connectivity index (χ3v) is 5.34. The highest BCUT2D eigenvalue weighted by molar-refractivity contribution is 7.89. The predicted octanol–water partition coefficient (Wildman–Crippen LogP) is 2.42. The number of para-hydroxylation sites is 2. The molecule has 0 aliphatic carbocycles. The Morgan fingerprint density at radius 2 is 2.13 bits per heavy atom. The van der Waals surface area contributed by atoms with E-state index in [4.69, 9.17) is 4.74 Å². The summed E-state index contributed by atoms with van der Waals surface area (Å²) in [6.07, 6.45) is 2.79. The fourth-order valence-corrected chi connectivity index (χ4v) is 3.67. The Morgan fingerprint density at radius 1 is 1.30 bits per heavy atom. The van der Waals surface area contributed by atoms with E-state index in [1.165, 1.54) is 28.4 Å². The number of nitrogens with one attached hydrogen (secondary N) is 1. The zero-order valence-corrected chi connectivity index (χ0v) is 14.0. The Morgan fingerprint density at radius 3 is 2.87 bits per heavy atom. The first-order chi connectivity index (χ1) is 11.1. The summed E-state index contributed by atoms with van der Waals surface area (Å²) in [6, 6.07) is 9.15. The molecule has 2 heterocycles. The van der Waals surface area contributed by atoms with Crippen LogP contribution in [0.5, 0.6) is 5.75 Å². The van der Waals surface area contributed by atoms with Gasteiger partial charge in [-0.15, -0.1) is 0 Å². The van der Waals surface area contributed by atoms with Crippen molar-refractivity contribution in [2.45, 2.75) is 11.4 Å². The molecule has 6 nitrogen and oxygen atoms in total. The lowest BCUT2D eigenvalue weighted by molar-refractivity contribution is 0.411. The minimum atomic E-state index is -3.61. The van der Waals surface area contributed by atoms with Crippen LogP contribution in [0.15, 0.2) is 58.4 Å². The highest BCUT2D eigenvalue weighted by Crippen LogP contribution is 2.22. The quantitative estimate of drug-likeness (QED) is 0.742. The van der Waals surface area contributed by atoms with E-state index in [2.05, 4.69) is 9.82 Å². The second-order valence-corrected chi connectivity index (χ2v) is 7.30. The first-order valence-corrected chi connectivity index (χ1v) is 9.21. The molecule has 1 N–H and O–H groups in total. The lowest BCUT2D eigenvalue weighted by Gasteiger charge is -2.07. The number of rotatable bonds is 6. The minimum absolute atomic E-state index is 0.110. The van der Waals surface area contributed by atoms with Gasteiger partial charge in [-0.1, -0.05) is 12.1 Å². The molecule has 0 unspecified atom stereocenters. The molecule has 3 aromatic rings. The number of hydrogen-bond acceptors (Lipinski definition) is 5. The number of hydrogen-bond donors (Lipinski definition) is 1. The first kappa shape index (κ1) is 15.7. The molecule has 0 aliphatic rings. The first-order valence-electron chi connectivity index (χ1n) is 6.79. The van der Waals surface area contributed by atoms with Gasteiger partial charge in [0.2, 0.25) is 10.0 Å². The molecule has 0 aliphatic heterocycles. The van der Waals surface area contributed by atoms with E-state index in [-0.39, 0.29) is 11.4 Å². The Hall–Kier alpha value is -2.16. The van der Waals surface area contributed by atoms with Crippen molar-refractivity contribution >= 4 is 21.4 Å². The molecule has 23 heavy (non-hydrogen) atoms. The van der Waals surface area contributed by atoms with E-state index in [0.29, 0.717) is 11.4 Å². The van der Waals surface area contributed by atoms with Crippen LogP contribution >= 0.6 is 11.3 Å². The molecule has 3 rings (SSSR count). The van der Waals surface area contributed by atoms with Gasteiger partial charge in [-0.3, -0.25) is 0 Å². The van der Waals surface area contributed by atoms with Crippen LogP contribution in [0.1, 0.15) is 5.56 Å². The van der Waals surface area contributed by atoms with Gasteiger partial charge in [0.25, 0.3) is 0 Å². The van der Waals surface area contributed by atoms with E-state index in [0.717, 1.165) is 5.56 Å². The van der Waals surface area contributed by atoms with E-state index in [1.54, 1.807) is 19.2 Å². The van der Waals surface area contributed by atoms with Crippen LogP contribution in [0.25, 0.3) is 5.69 Å². The smallest absolute Gasteiger partial charge is 0.244 e. The zero-order chi connectivity index (χ0) is 16.3. The summed E-state index contributed by atoms with van der Waals surface area (Å²) in [5.41, 5.74) is 1.60. The molecule has 0 radical (unpaired) electrons. The summed E-state index contributed by atoms with van der Waals surface area (Å²) in [7, 11) is -2.05. The second-order valence-electron chi connectivity index (χ2n) is 4.75. The Bertz CT molecular complexity index is 886. The Balaban J connectivity index is 1.83. The molecular formula is C15H15N3O3S2. The summed E-state index contributed by atoms with van der Waals surface area (Å²) in [5.74, 6) is 0.616. The summed E-state index contributed by atoms with van der Waals surface area (Å²) >= 11 is 1.53. The van der Waals surface area contributed by atoms with Crippen molar-refractivity contribution < 1.29 is 13.2 Å². The Labute approximate surface area is 138 Å². The van der Waals surface area contributed by atoms with Gasteiger partial charge in [-0.25, -0.2) is 17.8 Å². The number of ether oxygens (including phenoxy) is 1. The van der Waals surface area contributed by atoms with Gasteiger partial charge < -0.3 is 4.74 Å². The van der Waals surface area contributed by atoms with E-state index in [1.807, 2.05) is 29.0 Å². The third-order valence-electron chi connectivity index (χ3n) is 3.25. The van der Waals surface area contributed by atoms with Gasteiger partial charge in [0.1, 0.15) is 16.3 Å². The van der Waals surface area contributed by atoms with Crippen molar-refractivity contribution in [2.24, 2.45) is 0 Å². The molecule has 120 valence electrons. The third kappa shape index (κ3) is 3.44. The molecule has 0 saturated heterocycles. The fourth-order valence-electron chi connectivity index (χ4n) is 2.05. The van der Waals surface area contributed by atoms with Gasteiger partial charge in [0.05, 0.1) is 19.5 Å². The number of sulfonamides is 1. The number of nitrogens with zero attached hydrogens (tertiary/aromatic N) is 2. The van der Waals surface area contributed by atoms with Crippen molar-refractivity contribution in [2.75, 3.05) is 7.11 Å². The van der Waals surface area contributed by atoms with Gasteiger partial charge in [0, 0.05) is 6.54 Å². The van der Waals surface area contributed by atoms with E-state index < -0.39 is 10.0 Å². The summed E-state index contributed by atoms with van der Waals surface area (Å²) in [5, 5.41) is 7.94. The summed E-state index contributed by atoms with van der Waals surface area (Å²) in [4.78, 5) is 0.110. The molecule has 0 fully saturated rings. The topological polar surface area (TPSA) is 73.2 Å². The average molecular weight is 349 g/mol. The van der Waals surface area contributed by atoms with Crippen molar-refractivity contribution in [3.8, 4) is 11.4 Å². The normalized spacial score (nSPS) is 11.5. The van der Waals surface area contributed by atoms with Crippen LogP contribution < -0.4 is 9.46 Å². The second kappa shape index (κ2) is 6.53. The lowest BCUT2D eigenvalue weighted by Crippen LogP contribution is -2.22. The van der Waals surface area contributed by atoms with Crippen LogP contribution in [0, 0.1) is 0 Å². The van der Waals surface area contributed by atoms with Crippen LogP contribution in [-0.2, 0) is 16.6 Å². The zero-order valence-electron chi connectivity index (χ0n) is 12.3. The van der Waals surface area contributed by atoms with Gasteiger partial charge >= 0.3 is 0 Å². The highest BCUT2D eigenvalue weighted by Gasteiger charge is 2.17. The SMILES string of the molecule is COc1ccccc1-n1cc(S(=O)(=O)NCc2ccsc2)cn1. The molecule has 0 spiro atoms. The van der Waals surface area contributed by atoms with Crippen LogP contribution in [0.2, 0.25) is 0 Å². The van der Waals surface area contributed by atoms with Crippen molar-refractivity contribution in [1.29, 1.82) is 0 Å². The highest BCUT2D eigenvalue weighted by atomic mass is 32.2. The van der Waals surface area contributed by atoms with Gasteiger partial charge in [0.15, 0.2) is 0 Å². The predicted molar refractivity (Wildman–Crippen MR) is 88.5 cm³/mol. The molecule has 0 amide bonds. The summed E-state index contributed by atoms with van der Waals surface area (Å²) in [6.45, 7) is 0.256. The summed E-state index contributed by atoms with van der Waals surface area (Å²) < 4.78 is 34.0. The maximum atomic E-state index is 12.3. The maximum Gasteiger partial charge on any atom is 0.244 e. The van der Waals surface area contributed by atoms with E-state index >= 15 is 0 Å². The molecule has 2 aromatic heterocycles. The van der Waals surface area contributed by atoms with Gasteiger partial charge in [-0.05, 0) is 34.5 Å². The van der Waals surface area contributed by atoms with Crippen LogP contribution in [0.3, 0.4) is 0 Å². The molecule has 8 heteroatoms. The molecular weight excluding hydrogens is 334 g/mol. The number of benzene rings is 1. The average Bonchev–Trinajstić information content (AvgIpc) is 3.24. The monoisotopic (exact) mass is 349 g/mol. The molecule has 0 atom stereocenters. The number of methoxy groups -OCH3 is 1. The van der Waals surface area contributed by atoms with Crippen LogP contribution in [0.4, 0.5) is 0 Å². The lowest BCUT2D eigenvalue weighted by atomic mass is 10.3. The standard InChI is InChI=1S/C15H15N3O3S2/c1-21-15-5-3-2-4-14(15)18-10-13(9-16-18)23(19,20)17-8-12-6-7-22-11-12/h2-7,9-11,17H,8H2,1H3. The molecule has 0 bridgehead atoms. The van der Waals surface area contributed by atoms with Crippen molar-refractivity contribution in [1.82, 2.24) is 14.5 Å².